The number of para-hydroxylation sites is 1. The topological polar surface area (TPSA) is 46.3 Å². The second-order valence-corrected chi connectivity index (χ2v) is 5.64. The van der Waals surface area contributed by atoms with Crippen LogP contribution in [-0.2, 0) is 4.79 Å². The zero-order chi connectivity index (χ0) is 13.3. The van der Waals surface area contributed by atoms with Gasteiger partial charge in [0, 0.05) is 18.3 Å². The summed E-state index contributed by atoms with van der Waals surface area (Å²) in [5.41, 5.74) is 7.80. The van der Waals surface area contributed by atoms with Gasteiger partial charge in [-0.3, -0.25) is 4.79 Å². The highest BCUT2D eigenvalue weighted by Gasteiger charge is 2.32. The van der Waals surface area contributed by atoms with Gasteiger partial charge < -0.3 is 10.6 Å². The molecule has 1 aromatic rings. The van der Waals surface area contributed by atoms with Crippen LogP contribution >= 0.6 is 0 Å². The average Bonchev–Trinajstić information content (AvgIpc) is 2.31. The third kappa shape index (κ3) is 2.35. The molecule has 0 aromatic heterocycles. The predicted molar refractivity (Wildman–Crippen MR) is 74.6 cm³/mol. The van der Waals surface area contributed by atoms with Crippen LogP contribution < -0.4 is 10.6 Å². The van der Waals surface area contributed by atoms with Crippen molar-refractivity contribution < 1.29 is 4.79 Å². The molecule has 1 aliphatic heterocycles. The number of hydrogen-bond donors (Lipinski definition) is 1. The minimum Gasteiger partial charge on any atom is -0.369 e. The first-order valence-corrected chi connectivity index (χ1v) is 6.65. The smallest absolute Gasteiger partial charge is 0.225 e. The first kappa shape index (κ1) is 12.9. The van der Waals surface area contributed by atoms with Crippen LogP contribution in [0.5, 0.6) is 0 Å². The van der Waals surface area contributed by atoms with Crippen LogP contribution in [0.3, 0.4) is 0 Å². The van der Waals surface area contributed by atoms with Gasteiger partial charge in [0.15, 0.2) is 0 Å². The summed E-state index contributed by atoms with van der Waals surface area (Å²) in [6.07, 6.45) is 0.819. The van der Waals surface area contributed by atoms with E-state index in [2.05, 4.69) is 31.7 Å². The van der Waals surface area contributed by atoms with Crippen LogP contribution in [0.25, 0.3) is 0 Å². The van der Waals surface area contributed by atoms with E-state index in [1.165, 1.54) is 5.69 Å². The number of nitrogens with two attached hydrogens (primary N) is 1. The van der Waals surface area contributed by atoms with Crippen molar-refractivity contribution in [1.29, 1.82) is 0 Å². The van der Waals surface area contributed by atoms with Gasteiger partial charge in [0.05, 0.1) is 5.92 Å². The summed E-state index contributed by atoms with van der Waals surface area (Å²) < 4.78 is 0. The number of primary amides is 1. The van der Waals surface area contributed by atoms with Crippen molar-refractivity contribution in [2.75, 3.05) is 11.4 Å². The maximum absolute atomic E-state index is 11.6. The molecule has 0 unspecified atom stereocenters. The van der Waals surface area contributed by atoms with Crippen molar-refractivity contribution in [2.45, 2.75) is 39.2 Å². The SMILES string of the molecule is CC(C)CN1c2ccccc2[C@@H](C(N)=O)C[C@H]1C. The van der Waals surface area contributed by atoms with Gasteiger partial charge in [0.2, 0.25) is 5.91 Å². The highest BCUT2D eigenvalue weighted by molar-refractivity contribution is 5.85. The number of nitrogens with zero attached hydrogens (tertiary/aromatic N) is 1. The van der Waals surface area contributed by atoms with Crippen LogP contribution in [0.1, 0.15) is 38.7 Å². The third-order valence-electron chi connectivity index (χ3n) is 3.64. The number of amides is 1. The Bertz CT molecular complexity index is 442. The van der Waals surface area contributed by atoms with Gasteiger partial charge in [-0.2, -0.15) is 0 Å². The molecule has 0 aliphatic carbocycles. The van der Waals surface area contributed by atoms with Gasteiger partial charge in [-0.05, 0) is 30.9 Å². The second-order valence-electron chi connectivity index (χ2n) is 5.64. The van der Waals surface area contributed by atoms with E-state index >= 15 is 0 Å². The van der Waals surface area contributed by atoms with E-state index in [0.29, 0.717) is 12.0 Å². The molecular formula is C15H22N2O. The fraction of sp³-hybridized carbons (Fsp3) is 0.533. The zero-order valence-electron chi connectivity index (χ0n) is 11.4. The molecule has 2 atom stereocenters. The molecule has 0 saturated carbocycles. The lowest BCUT2D eigenvalue weighted by molar-refractivity contribution is -0.119. The van der Waals surface area contributed by atoms with Gasteiger partial charge in [0.25, 0.3) is 0 Å². The summed E-state index contributed by atoms with van der Waals surface area (Å²) >= 11 is 0. The molecule has 1 amide bonds. The zero-order valence-corrected chi connectivity index (χ0v) is 11.4. The summed E-state index contributed by atoms with van der Waals surface area (Å²) in [4.78, 5) is 14.0. The Morgan fingerprint density at radius 1 is 1.44 bits per heavy atom. The Labute approximate surface area is 109 Å². The molecule has 3 nitrogen and oxygen atoms in total. The Balaban J connectivity index is 2.41. The van der Waals surface area contributed by atoms with E-state index in [1.54, 1.807) is 0 Å². The number of anilines is 1. The number of carbonyl (C=O) groups is 1. The molecule has 0 spiro atoms. The van der Waals surface area contributed by atoms with Crippen molar-refractivity contribution >= 4 is 11.6 Å². The number of rotatable bonds is 3. The lowest BCUT2D eigenvalue weighted by Gasteiger charge is -2.41. The van der Waals surface area contributed by atoms with E-state index in [9.17, 15) is 4.79 Å². The minimum absolute atomic E-state index is 0.139. The van der Waals surface area contributed by atoms with Crippen LogP contribution in [0.15, 0.2) is 24.3 Å². The summed E-state index contributed by atoms with van der Waals surface area (Å²) in [6.45, 7) is 7.63. The second kappa shape index (κ2) is 5.01. The van der Waals surface area contributed by atoms with Gasteiger partial charge in [-0.1, -0.05) is 32.0 Å². The van der Waals surface area contributed by atoms with Crippen LogP contribution in [0.4, 0.5) is 5.69 Å². The Kier molecular flexibility index (Phi) is 3.60. The quantitative estimate of drug-likeness (QED) is 0.890. The number of hydrogen-bond acceptors (Lipinski definition) is 2. The summed E-state index contributed by atoms with van der Waals surface area (Å²) in [7, 11) is 0. The molecule has 1 aromatic carbocycles. The Morgan fingerprint density at radius 2 is 2.11 bits per heavy atom. The van der Waals surface area contributed by atoms with Crippen molar-refractivity contribution in [3.63, 3.8) is 0 Å². The molecule has 18 heavy (non-hydrogen) atoms. The van der Waals surface area contributed by atoms with Crippen molar-refractivity contribution in [3.8, 4) is 0 Å². The highest BCUT2D eigenvalue weighted by atomic mass is 16.1. The summed E-state index contributed by atoms with van der Waals surface area (Å²) in [5.74, 6) is 0.253. The van der Waals surface area contributed by atoms with E-state index in [4.69, 9.17) is 5.73 Å². The molecule has 3 heteroatoms. The van der Waals surface area contributed by atoms with Gasteiger partial charge >= 0.3 is 0 Å². The van der Waals surface area contributed by atoms with Gasteiger partial charge in [-0.25, -0.2) is 0 Å². The minimum atomic E-state index is -0.210. The van der Waals surface area contributed by atoms with E-state index in [1.807, 2.05) is 18.2 Å². The lowest BCUT2D eigenvalue weighted by Crippen LogP contribution is -2.43. The molecule has 98 valence electrons. The van der Waals surface area contributed by atoms with Crippen LogP contribution in [0, 0.1) is 5.92 Å². The molecule has 0 radical (unpaired) electrons. The standard InChI is InChI=1S/C15H22N2O/c1-10(2)9-17-11(3)8-13(15(16)18)12-6-4-5-7-14(12)17/h4-7,10-11,13H,8-9H2,1-3H3,(H2,16,18)/t11-,13+/m1/s1. The maximum atomic E-state index is 11.6. The molecule has 1 aliphatic rings. The van der Waals surface area contributed by atoms with Crippen molar-refractivity contribution in [3.05, 3.63) is 29.8 Å². The third-order valence-corrected chi connectivity index (χ3v) is 3.64. The first-order chi connectivity index (χ1) is 8.50. The normalized spacial score (nSPS) is 23.0. The number of carbonyl (C=O) groups excluding carboxylic acids is 1. The summed E-state index contributed by atoms with van der Waals surface area (Å²) in [6, 6.07) is 8.51. The maximum Gasteiger partial charge on any atom is 0.225 e. The summed E-state index contributed by atoms with van der Waals surface area (Å²) in [5, 5.41) is 0. The molecule has 0 fully saturated rings. The fourth-order valence-corrected chi connectivity index (χ4v) is 2.82. The highest BCUT2D eigenvalue weighted by Crippen LogP contribution is 2.38. The largest absolute Gasteiger partial charge is 0.369 e. The van der Waals surface area contributed by atoms with Crippen LogP contribution in [-0.4, -0.2) is 18.5 Å². The van der Waals surface area contributed by atoms with E-state index < -0.39 is 0 Å². The molecule has 0 bridgehead atoms. The Morgan fingerprint density at radius 3 is 2.72 bits per heavy atom. The predicted octanol–water partition coefficient (Wildman–Crippen LogP) is 2.51. The number of benzene rings is 1. The van der Waals surface area contributed by atoms with E-state index in [0.717, 1.165) is 18.5 Å². The lowest BCUT2D eigenvalue weighted by atomic mass is 9.85. The average molecular weight is 246 g/mol. The molecule has 2 rings (SSSR count). The first-order valence-electron chi connectivity index (χ1n) is 6.65. The van der Waals surface area contributed by atoms with Crippen molar-refractivity contribution in [1.82, 2.24) is 0 Å². The Hall–Kier alpha value is -1.51. The van der Waals surface area contributed by atoms with Gasteiger partial charge in [-0.15, -0.1) is 0 Å². The molecule has 1 heterocycles. The monoisotopic (exact) mass is 246 g/mol. The number of fused-ring (bicyclic) bond motifs is 1. The van der Waals surface area contributed by atoms with Gasteiger partial charge in [0.1, 0.15) is 0 Å². The molecule has 2 N–H and O–H groups in total. The molecule has 0 saturated heterocycles. The van der Waals surface area contributed by atoms with Crippen molar-refractivity contribution in [2.24, 2.45) is 11.7 Å². The molecular weight excluding hydrogens is 224 g/mol. The van der Waals surface area contributed by atoms with Crippen LogP contribution in [0.2, 0.25) is 0 Å². The fourth-order valence-electron chi connectivity index (χ4n) is 2.82. The van der Waals surface area contributed by atoms with E-state index in [-0.39, 0.29) is 11.8 Å².